The minimum Gasteiger partial charge on any atom is -0.497 e. The highest BCUT2D eigenvalue weighted by Crippen LogP contribution is 2.25. The largest absolute Gasteiger partial charge is 0.497 e. The van der Waals surface area contributed by atoms with Gasteiger partial charge in [-0.1, -0.05) is 72.5 Å². The zero-order chi connectivity index (χ0) is 15.9. The summed E-state index contributed by atoms with van der Waals surface area (Å²) in [4.78, 5) is 0. The maximum absolute atomic E-state index is 5.25. The third kappa shape index (κ3) is 3.81. The van der Waals surface area contributed by atoms with Gasteiger partial charge in [-0.3, -0.25) is 0 Å². The van der Waals surface area contributed by atoms with Gasteiger partial charge in [0.15, 0.2) is 0 Å². The number of hydrogen-bond acceptors (Lipinski definition) is 1. The van der Waals surface area contributed by atoms with Gasteiger partial charge in [-0.15, -0.1) is 0 Å². The third-order valence-electron chi connectivity index (χ3n) is 3.72. The van der Waals surface area contributed by atoms with E-state index in [2.05, 4.69) is 48.2 Å². The summed E-state index contributed by atoms with van der Waals surface area (Å²) in [6, 6.07) is 28.6. The Labute approximate surface area is 137 Å². The molecular weight excluding hydrogens is 280 g/mol. The van der Waals surface area contributed by atoms with Crippen LogP contribution in [0.4, 0.5) is 0 Å². The molecule has 0 amide bonds. The number of methoxy groups -OCH3 is 1. The lowest BCUT2D eigenvalue weighted by molar-refractivity contribution is 0.414. The van der Waals surface area contributed by atoms with Gasteiger partial charge in [0.1, 0.15) is 5.75 Å². The fourth-order valence-electron chi connectivity index (χ4n) is 2.48. The van der Waals surface area contributed by atoms with Crippen molar-refractivity contribution in [3.8, 4) is 17.6 Å². The van der Waals surface area contributed by atoms with E-state index in [0.717, 1.165) is 11.3 Å². The van der Waals surface area contributed by atoms with Crippen LogP contribution in [0.3, 0.4) is 0 Å². The maximum Gasteiger partial charge on any atom is 0.118 e. The first-order chi connectivity index (χ1) is 11.4. The Morgan fingerprint density at radius 1 is 0.696 bits per heavy atom. The third-order valence-corrected chi connectivity index (χ3v) is 3.72. The molecule has 1 atom stereocenters. The standard InChI is InChI=1S/C22H18O/c1-23-21-15-13-20(14-16-21)22(19-10-6-3-7-11-19)17-12-18-8-4-2-5-9-18/h2-11,13-16,22H,1H3. The van der Waals surface area contributed by atoms with E-state index >= 15 is 0 Å². The highest BCUT2D eigenvalue weighted by atomic mass is 16.5. The molecule has 0 heterocycles. The number of benzene rings is 3. The highest BCUT2D eigenvalue weighted by Gasteiger charge is 2.11. The number of hydrogen-bond donors (Lipinski definition) is 0. The van der Waals surface area contributed by atoms with Crippen molar-refractivity contribution in [3.05, 3.63) is 102 Å². The molecule has 1 unspecified atom stereocenters. The lowest BCUT2D eigenvalue weighted by Gasteiger charge is -2.12. The van der Waals surface area contributed by atoms with Crippen molar-refractivity contribution in [1.82, 2.24) is 0 Å². The van der Waals surface area contributed by atoms with Crippen LogP contribution in [0.1, 0.15) is 22.6 Å². The van der Waals surface area contributed by atoms with Crippen LogP contribution in [0.25, 0.3) is 0 Å². The van der Waals surface area contributed by atoms with Crippen LogP contribution >= 0.6 is 0 Å². The van der Waals surface area contributed by atoms with E-state index in [-0.39, 0.29) is 5.92 Å². The molecule has 0 aromatic heterocycles. The van der Waals surface area contributed by atoms with Gasteiger partial charge in [-0.2, -0.15) is 0 Å². The van der Waals surface area contributed by atoms with Crippen molar-refractivity contribution < 1.29 is 4.74 Å². The molecule has 0 fully saturated rings. The van der Waals surface area contributed by atoms with Crippen molar-refractivity contribution in [3.63, 3.8) is 0 Å². The predicted molar refractivity (Wildman–Crippen MR) is 94.6 cm³/mol. The molecular formula is C22H18O. The van der Waals surface area contributed by atoms with Crippen LogP contribution in [-0.2, 0) is 0 Å². The lowest BCUT2D eigenvalue weighted by Crippen LogP contribution is -1.98. The fraction of sp³-hybridized carbons (Fsp3) is 0.0909. The maximum atomic E-state index is 5.25. The smallest absolute Gasteiger partial charge is 0.118 e. The molecule has 112 valence electrons. The van der Waals surface area contributed by atoms with Gasteiger partial charge in [-0.05, 0) is 35.4 Å². The van der Waals surface area contributed by atoms with Crippen molar-refractivity contribution in [2.24, 2.45) is 0 Å². The van der Waals surface area contributed by atoms with E-state index in [9.17, 15) is 0 Å². The van der Waals surface area contributed by atoms with Gasteiger partial charge < -0.3 is 4.74 Å². The summed E-state index contributed by atoms with van der Waals surface area (Å²) >= 11 is 0. The summed E-state index contributed by atoms with van der Waals surface area (Å²) in [5.41, 5.74) is 3.39. The Bertz CT molecular complexity index is 793. The zero-order valence-corrected chi connectivity index (χ0v) is 13.1. The van der Waals surface area contributed by atoms with E-state index in [0.29, 0.717) is 0 Å². The molecule has 3 rings (SSSR count). The zero-order valence-electron chi connectivity index (χ0n) is 13.1. The minimum absolute atomic E-state index is 0.0438. The summed E-state index contributed by atoms with van der Waals surface area (Å²) in [7, 11) is 1.68. The topological polar surface area (TPSA) is 9.23 Å². The second kappa shape index (κ2) is 7.33. The van der Waals surface area contributed by atoms with Crippen LogP contribution in [-0.4, -0.2) is 7.11 Å². The average molecular weight is 298 g/mol. The molecule has 0 N–H and O–H groups in total. The lowest BCUT2D eigenvalue weighted by atomic mass is 9.91. The Morgan fingerprint density at radius 3 is 1.87 bits per heavy atom. The van der Waals surface area contributed by atoms with Crippen LogP contribution in [0.2, 0.25) is 0 Å². The van der Waals surface area contributed by atoms with Gasteiger partial charge in [0.05, 0.1) is 13.0 Å². The normalized spacial score (nSPS) is 11.2. The Kier molecular flexibility index (Phi) is 4.76. The van der Waals surface area contributed by atoms with Crippen molar-refractivity contribution in [1.29, 1.82) is 0 Å². The predicted octanol–water partition coefficient (Wildman–Crippen LogP) is 4.88. The number of ether oxygens (including phenoxy) is 1. The van der Waals surface area contributed by atoms with Gasteiger partial charge in [-0.25, -0.2) is 0 Å². The molecule has 23 heavy (non-hydrogen) atoms. The molecule has 0 radical (unpaired) electrons. The van der Waals surface area contributed by atoms with E-state index in [1.54, 1.807) is 7.11 Å². The summed E-state index contributed by atoms with van der Waals surface area (Å²) in [6.45, 7) is 0. The summed E-state index contributed by atoms with van der Waals surface area (Å²) in [6.07, 6.45) is 0. The first-order valence-corrected chi connectivity index (χ1v) is 7.62. The fourth-order valence-corrected chi connectivity index (χ4v) is 2.48. The quantitative estimate of drug-likeness (QED) is 0.626. The van der Waals surface area contributed by atoms with Crippen molar-refractivity contribution in [2.45, 2.75) is 5.92 Å². The van der Waals surface area contributed by atoms with E-state index < -0.39 is 0 Å². The summed E-state index contributed by atoms with van der Waals surface area (Å²) in [5, 5.41) is 0. The first kappa shape index (κ1) is 14.9. The van der Waals surface area contributed by atoms with Crippen LogP contribution in [0.5, 0.6) is 5.75 Å². The Balaban J connectivity index is 1.99. The molecule has 0 aliphatic heterocycles. The average Bonchev–Trinajstić information content (AvgIpc) is 2.64. The molecule has 0 bridgehead atoms. The molecule has 1 heteroatoms. The monoisotopic (exact) mass is 298 g/mol. The van der Waals surface area contributed by atoms with Crippen molar-refractivity contribution in [2.75, 3.05) is 7.11 Å². The summed E-state index contributed by atoms with van der Waals surface area (Å²) < 4.78 is 5.25. The molecule has 0 aliphatic carbocycles. The molecule has 0 saturated heterocycles. The van der Waals surface area contributed by atoms with Gasteiger partial charge in [0, 0.05) is 5.56 Å². The number of rotatable bonds is 3. The highest BCUT2D eigenvalue weighted by molar-refractivity contribution is 5.45. The second-order valence-electron chi connectivity index (χ2n) is 5.25. The molecule has 1 nitrogen and oxygen atoms in total. The Morgan fingerprint density at radius 2 is 1.26 bits per heavy atom. The van der Waals surface area contributed by atoms with Gasteiger partial charge in [0.2, 0.25) is 0 Å². The van der Waals surface area contributed by atoms with Gasteiger partial charge in [0.25, 0.3) is 0 Å². The van der Waals surface area contributed by atoms with Crippen LogP contribution < -0.4 is 4.74 Å². The molecule has 0 saturated carbocycles. The van der Waals surface area contributed by atoms with Crippen LogP contribution in [0.15, 0.2) is 84.9 Å². The Hall–Kier alpha value is -2.98. The van der Waals surface area contributed by atoms with E-state index in [1.165, 1.54) is 11.1 Å². The SMILES string of the molecule is COc1ccc(C(C#Cc2ccccc2)c2ccccc2)cc1. The van der Waals surface area contributed by atoms with E-state index in [1.807, 2.05) is 48.5 Å². The molecule has 0 aliphatic rings. The molecule has 0 spiro atoms. The molecule has 3 aromatic rings. The van der Waals surface area contributed by atoms with Gasteiger partial charge >= 0.3 is 0 Å². The van der Waals surface area contributed by atoms with Crippen LogP contribution in [0, 0.1) is 11.8 Å². The van der Waals surface area contributed by atoms with E-state index in [4.69, 9.17) is 4.74 Å². The second-order valence-corrected chi connectivity index (χ2v) is 5.25. The minimum atomic E-state index is 0.0438. The summed E-state index contributed by atoms with van der Waals surface area (Å²) in [5.74, 6) is 7.61. The van der Waals surface area contributed by atoms with Crippen molar-refractivity contribution >= 4 is 0 Å². The molecule has 3 aromatic carbocycles. The first-order valence-electron chi connectivity index (χ1n) is 7.62.